The number of aryl methyl sites for hydroxylation is 1. The summed E-state index contributed by atoms with van der Waals surface area (Å²) in [6.45, 7) is 6.56. The van der Waals surface area contributed by atoms with Gasteiger partial charge in [-0.3, -0.25) is 4.79 Å². The largest absolute Gasteiger partial charge is 0.508 e. The predicted octanol–water partition coefficient (Wildman–Crippen LogP) is 3.06. The molecule has 0 aliphatic carbocycles. The van der Waals surface area contributed by atoms with E-state index in [1.165, 1.54) is 23.3 Å². The van der Waals surface area contributed by atoms with E-state index in [1.807, 2.05) is 19.1 Å². The molecule has 0 heterocycles. The molecule has 0 atom stereocenters. The number of nitrogens with one attached hydrogen (secondary N) is 3. The van der Waals surface area contributed by atoms with Crippen LogP contribution in [-0.4, -0.2) is 36.6 Å². The summed E-state index contributed by atoms with van der Waals surface area (Å²) in [4.78, 5) is 16.7. The maximum absolute atomic E-state index is 12.0. The molecule has 0 aliphatic rings. The maximum atomic E-state index is 12.0. The lowest BCUT2D eigenvalue weighted by Gasteiger charge is -2.12. The lowest BCUT2D eigenvalue weighted by molar-refractivity contribution is 0.0954. The highest BCUT2D eigenvalue weighted by Gasteiger charge is 2.05. The molecule has 2 aromatic carbocycles. The van der Waals surface area contributed by atoms with E-state index in [2.05, 4.69) is 40.0 Å². The van der Waals surface area contributed by atoms with E-state index in [0.717, 1.165) is 18.9 Å². The second-order valence-electron chi connectivity index (χ2n) is 6.05. The first-order chi connectivity index (χ1) is 13.1. The Morgan fingerprint density at radius 1 is 0.929 bits per heavy atom. The van der Waals surface area contributed by atoms with Gasteiger partial charge in [-0.1, -0.05) is 31.2 Å². The highest BCUT2D eigenvalue weighted by Crippen LogP contribution is 2.10. The molecule has 2 rings (SSSR count). The van der Waals surface area contributed by atoms with Crippen LogP contribution in [0.25, 0.3) is 0 Å². The van der Waals surface area contributed by atoms with Crippen LogP contribution in [0, 0.1) is 0 Å². The Kier molecular flexibility index (Phi) is 11.0. The number of hydrogen-bond acceptors (Lipinski definition) is 3. The molecule has 0 saturated heterocycles. The first-order valence-corrected chi connectivity index (χ1v) is 9.30. The van der Waals surface area contributed by atoms with Crippen molar-refractivity contribution < 1.29 is 9.90 Å². The number of nitrogens with zero attached hydrogens (tertiary/aromatic N) is 1. The summed E-state index contributed by atoms with van der Waals surface area (Å²) in [5.74, 6) is 0.697. The quantitative estimate of drug-likeness (QED) is 0.196. The summed E-state index contributed by atoms with van der Waals surface area (Å²) in [6.07, 6.45) is 0.985. The van der Waals surface area contributed by atoms with Crippen molar-refractivity contribution >= 4 is 35.8 Å². The molecule has 0 radical (unpaired) electrons. The lowest BCUT2D eigenvalue weighted by Crippen LogP contribution is -2.41. The summed E-state index contributed by atoms with van der Waals surface area (Å²) >= 11 is 0. The fourth-order valence-corrected chi connectivity index (χ4v) is 2.63. The second-order valence-corrected chi connectivity index (χ2v) is 6.05. The molecule has 0 unspecified atom stereocenters. The van der Waals surface area contributed by atoms with Crippen LogP contribution in [0.1, 0.15) is 35.3 Å². The molecule has 0 aliphatic heterocycles. The van der Waals surface area contributed by atoms with Crippen LogP contribution in [0.2, 0.25) is 0 Å². The number of carbonyl (C=O) groups is 1. The van der Waals surface area contributed by atoms with Gasteiger partial charge in [-0.25, -0.2) is 4.99 Å². The minimum Gasteiger partial charge on any atom is -0.508 e. The fourth-order valence-electron chi connectivity index (χ4n) is 2.63. The smallest absolute Gasteiger partial charge is 0.251 e. The number of hydrogen-bond donors (Lipinski definition) is 4. The Morgan fingerprint density at radius 2 is 1.57 bits per heavy atom. The maximum Gasteiger partial charge on any atom is 0.251 e. The van der Waals surface area contributed by atoms with Crippen LogP contribution in [0.4, 0.5) is 0 Å². The first kappa shape index (κ1) is 23.7. The number of carbonyl (C=O) groups excluding carboxylic acids is 1. The first-order valence-electron chi connectivity index (χ1n) is 9.30. The molecular formula is C21H29IN4O2. The van der Waals surface area contributed by atoms with Gasteiger partial charge in [0.05, 0.1) is 6.54 Å². The van der Waals surface area contributed by atoms with Gasteiger partial charge >= 0.3 is 0 Å². The summed E-state index contributed by atoms with van der Waals surface area (Å²) in [5.41, 5.74) is 3.04. The number of aliphatic imine (C=N–C) groups is 1. The van der Waals surface area contributed by atoms with Crippen molar-refractivity contribution in [2.75, 3.05) is 19.6 Å². The van der Waals surface area contributed by atoms with E-state index in [9.17, 15) is 9.90 Å². The van der Waals surface area contributed by atoms with Gasteiger partial charge in [0.2, 0.25) is 0 Å². The Balaban J connectivity index is 0.00000392. The fraction of sp³-hybridized carbons (Fsp3) is 0.333. The number of guanidine groups is 1. The molecule has 152 valence electrons. The third-order valence-electron chi connectivity index (χ3n) is 4.08. The van der Waals surface area contributed by atoms with Crippen molar-refractivity contribution in [3.63, 3.8) is 0 Å². The minimum absolute atomic E-state index is 0. The normalized spacial score (nSPS) is 10.7. The molecule has 7 heteroatoms. The third-order valence-corrected chi connectivity index (χ3v) is 4.08. The van der Waals surface area contributed by atoms with Crippen molar-refractivity contribution in [1.29, 1.82) is 0 Å². The van der Waals surface area contributed by atoms with Gasteiger partial charge in [0.1, 0.15) is 5.75 Å². The number of phenols is 1. The van der Waals surface area contributed by atoms with Crippen LogP contribution in [0.3, 0.4) is 0 Å². The Labute approximate surface area is 183 Å². The van der Waals surface area contributed by atoms with E-state index < -0.39 is 0 Å². The van der Waals surface area contributed by atoms with E-state index >= 15 is 0 Å². The zero-order valence-corrected chi connectivity index (χ0v) is 18.7. The number of aromatic hydroxyl groups is 1. The summed E-state index contributed by atoms with van der Waals surface area (Å²) < 4.78 is 0. The predicted molar refractivity (Wildman–Crippen MR) is 124 cm³/mol. The van der Waals surface area contributed by atoms with Crippen LogP contribution in [-0.2, 0) is 13.0 Å². The van der Waals surface area contributed by atoms with Gasteiger partial charge in [-0.15, -0.1) is 24.0 Å². The number of rotatable bonds is 8. The molecule has 1 amide bonds. The van der Waals surface area contributed by atoms with E-state index in [0.29, 0.717) is 25.2 Å². The van der Waals surface area contributed by atoms with Crippen LogP contribution in [0.5, 0.6) is 5.75 Å². The molecule has 2 aromatic rings. The van der Waals surface area contributed by atoms with E-state index in [4.69, 9.17) is 0 Å². The third kappa shape index (κ3) is 7.75. The summed E-state index contributed by atoms with van der Waals surface area (Å²) in [6, 6.07) is 14.5. The molecule has 0 saturated carbocycles. The molecule has 6 nitrogen and oxygen atoms in total. The highest BCUT2D eigenvalue weighted by molar-refractivity contribution is 14.0. The van der Waals surface area contributed by atoms with Crippen molar-refractivity contribution in [1.82, 2.24) is 16.0 Å². The number of benzene rings is 2. The number of phenolic OH excluding ortho intramolecular Hbond substituents is 1. The average Bonchev–Trinajstić information content (AvgIpc) is 2.69. The zero-order valence-electron chi connectivity index (χ0n) is 16.4. The minimum atomic E-state index is -0.171. The standard InChI is InChI=1S/C21H28N4O2.HI/c1-3-16-7-5-6-8-18(16)15-25-21(22-4-2)24-14-13-23-20(27)17-9-11-19(26)12-10-17;/h5-12,26H,3-4,13-15H2,1-2H3,(H,23,27)(H2,22,24,25);1H. The van der Waals surface area contributed by atoms with Gasteiger partial charge in [0, 0.05) is 25.2 Å². The van der Waals surface area contributed by atoms with Crippen LogP contribution >= 0.6 is 24.0 Å². The molecule has 4 N–H and O–H groups in total. The summed E-state index contributed by atoms with van der Waals surface area (Å²) in [7, 11) is 0. The number of halogens is 1. The van der Waals surface area contributed by atoms with Crippen molar-refractivity contribution in [2.45, 2.75) is 26.8 Å². The zero-order chi connectivity index (χ0) is 19.5. The lowest BCUT2D eigenvalue weighted by atomic mass is 10.1. The topological polar surface area (TPSA) is 85.8 Å². The highest BCUT2D eigenvalue weighted by atomic mass is 127. The Morgan fingerprint density at radius 3 is 2.21 bits per heavy atom. The monoisotopic (exact) mass is 496 g/mol. The average molecular weight is 496 g/mol. The molecule has 0 aromatic heterocycles. The van der Waals surface area contributed by atoms with Crippen LogP contribution < -0.4 is 16.0 Å². The molecule has 28 heavy (non-hydrogen) atoms. The van der Waals surface area contributed by atoms with Crippen molar-refractivity contribution in [3.8, 4) is 5.75 Å². The molecule has 0 fully saturated rings. The number of amides is 1. The van der Waals surface area contributed by atoms with Crippen LogP contribution in [0.15, 0.2) is 53.5 Å². The van der Waals surface area contributed by atoms with Gasteiger partial charge in [0.25, 0.3) is 5.91 Å². The van der Waals surface area contributed by atoms with Gasteiger partial charge in [-0.05, 0) is 48.7 Å². The van der Waals surface area contributed by atoms with Gasteiger partial charge < -0.3 is 21.1 Å². The Bertz CT molecular complexity index is 763. The van der Waals surface area contributed by atoms with Gasteiger partial charge in [0.15, 0.2) is 5.96 Å². The van der Waals surface area contributed by atoms with Crippen molar-refractivity contribution in [3.05, 3.63) is 65.2 Å². The Hall–Kier alpha value is -2.29. The SMILES string of the molecule is CCNC(=NCc1ccccc1CC)NCCNC(=O)c1ccc(O)cc1.I. The molecule has 0 spiro atoms. The summed E-state index contributed by atoms with van der Waals surface area (Å²) in [5, 5.41) is 18.6. The second kappa shape index (κ2) is 13.0. The molecule has 0 bridgehead atoms. The van der Waals surface area contributed by atoms with E-state index in [1.54, 1.807) is 12.1 Å². The van der Waals surface area contributed by atoms with E-state index in [-0.39, 0.29) is 35.6 Å². The molecular weight excluding hydrogens is 467 g/mol. The van der Waals surface area contributed by atoms with Gasteiger partial charge in [-0.2, -0.15) is 0 Å². The van der Waals surface area contributed by atoms with Crippen molar-refractivity contribution in [2.24, 2.45) is 4.99 Å².